The Morgan fingerprint density at radius 2 is 1.83 bits per heavy atom. The van der Waals surface area contributed by atoms with Crippen LogP contribution in [0.25, 0.3) is 0 Å². The van der Waals surface area contributed by atoms with Crippen molar-refractivity contribution < 1.29 is 4.79 Å². The SMILES string of the molecule is Cc1ccc(C(C(=O)N(C)CCc2scnc2C)N(C)C)cc1. The highest BCUT2D eigenvalue weighted by atomic mass is 32.1. The maximum absolute atomic E-state index is 12.9. The first-order chi connectivity index (χ1) is 10.9. The molecule has 0 aliphatic heterocycles. The number of rotatable bonds is 6. The lowest BCUT2D eigenvalue weighted by molar-refractivity contribution is -0.135. The van der Waals surface area contributed by atoms with Crippen LogP contribution in [0, 0.1) is 13.8 Å². The van der Waals surface area contributed by atoms with Crippen molar-refractivity contribution in [2.75, 3.05) is 27.7 Å². The third kappa shape index (κ3) is 4.39. The van der Waals surface area contributed by atoms with Crippen molar-refractivity contribution in [1.82, 2.24) is 14.8 Å². The summed E-state index contributed by atoms with van der Waals surface area (Å²) in [5.41, 5.74) is 5.17. The Kier molecular flexibility index (Phi) is 5.91. The van der Waals surface area contributed by atoms with Gasteiger partial charge in [-0.15, -0.1) is 11.3 Å². The van der Waals surface area contributed by atoms with E-state index in [1.807, 2.05) is 55.5 Å². The van der Waals surface area contributed by atoms with Crippen molar-refractivity contribution in [2.24, 2.45) is 0 Å². The van der Waals surface area contributed by atoms with E-state index in [0.717, 1.165) is 17.7 Å². The number of nitrogens with zero attached hydrogens (tertiary/aromatic N) is 3. The summed E-state index contributed by atoms with van der Waals surface area (Å²) < 4.78 is 0. The van der Waals surface area contributed by atoms with Crippen LogP contribution < -0.4 is 0 Å². The Morgan fingerprint density at radius 3 is 2.35 bits per heavy atom. The number of carbonyl (C=O) groups excluding carboxylic acids is 1. The zero-order chi connectivity index (χ0) is 17.0. The molecule has 0 bridgehead atoms. The average Bonchev–Trinajstić information content (AvgIpc) is 2.92. The number of aryl methyl sites for hydroxylation is 2. The quantitative estimate of drug-likeness (QED) is 0.816. The van der Waals surface area contributed by atoms with E-state index in [4.69, 9.17) is 0 Å². The van der Waals surface area contributed by atoms with Gasteiger partial charge in [0.15, 0.2) is 0 Å². The average molecular weight is 331 g/mol. The molecule has 5 heteroatoms. The maximum atomic E-state index is 12.9. The van der Waals surface area contributed by atoms with Crippen LogP contribution in [0.5, 0.6) is 0 Å². The Labute approximate surface area is 142 Å². The van der Waals surface area contributed by atoms with E-state index < -0.39 is 0 Å². The van der Waals surface area contributed by atoms with Gasteiger partial charge >= 0.3 is 0 Å². The molecular formula is C18H25N3OS. The molecule has 0 N–H and O–H groups in total. The minimum absolute atomic E-state index is 0.126. The van der Waals surface area contributed by atoms with Crippen molar-refractivity contribution >= 4 is 17.2 Å². The fourth-order valence-electron chi connectivity index (χ4n) is 2.56. The molecule has 124 valence electrons. The highest BCUT2D eigenvalue weighted by Crippen LogP contribution is 2.21. The minimum atomic E-state index is -0.247. The van der Waals surface area contributed by atoms with Gasteiger partial charge in [0.05, 0.1) is 11.2 Å². The summed E-state index contributed by atoms with van der Waals surface area (Å²) in [6.07, 6.45) is 0.854. The maximum Gasteiger partial charge on any atom is 0.244 e. The summed E-state index contributed by atoms with van der Waals surface area (Å²) in [4.78, 5) is 22.2. The van der Waals surface area contributed by atoms with E-state index in [-0.39, 0.29) is 11.9 Å². The zero-order valence-corrected chi connectivity index (χ0v) is 15.4. The molecule has 2 aromatic rings. The number of hydrogen-bond donors (Lipinski definition) is 0. The molecule has 0 aliphatic rings. The monoisotopic (exact) mass is 331 g/mol. The van der Waals surface area contributed by atoms with Gasteiger partial charge in [-0.2, -0.15) is 0 Å². The summed E-state index contributed by atoms with van der Waals surface area (Å²) in [5, 5.41) is 0. The van der Waals surface area contributed by atoms with Crippen molar-refractivity contribution in [1.29, 1.82) is 0 Å². The summed E-state index contributed by atoms with van der Waals surface area (Å²) in [6.45, 7) is 4.78. The van der Waals surface area contributed by atoms with Gasteiger partial charge in [0, 0.05) is 24.9 Å². The highest BCUT2D eigenvalue weighted by molar-refractivity contribution is 7.09. The van der Waals surface area contributed by atoms with Gasteiger partial charge in [-0.05, 0) is 33.5 Å². The predicted octanol–water partition coefficient (Wildman–Crippen LogP) is 3.06. The first-order valence-corrected chi connectivity index (χ1v) is 8.65. The van der Waals surface area contributed by atoms with Crippen LogP contribution in [0.1, 0.15) is 27.7 Å². The molecule has 4 nitrogen and oxygen atoms in total. The van der Waals surface area contributed by atoms with Gasteiger partial charge in [-0.1, -0.05) is 29.8 Å². The van der Waals surface area contributed by atoms with Crippen molar-refractivity contribution in [2.45, 2.75) is 26.3 Å². The van der Waals surface area contributed by atoms with Crippen molar-refractivity contribution in [3.63, 3.8) is 0 Å². The molecule has 1 atom stereocenters. The minimum Gasteiger partial charge on any atom is -0.344 e. The first-order valence-electron chi connectivity index (χ1n) is 7.77. The van der Waals surface area contributed by atoms with Gasteiger partial charge in [0.25, 0.3) is 0 Å². The predicted molar refractivity (Wildman–Crippen MR) is 95.8 cm³/mol. The number of likely N-dealkylation sites (N-methyl/N-ethyl adjacent to an activating group) is 2. The van der Waals surface area contributed by atoms with E-state index in [9.17, 15) is 4.79 Å². The molecule has 0 saturated heterocycles. The van der Waals surface area contributed by atoms with Crippen LogP contribution in [-0.4, -0.2) is 48.4 Å². The summed E-state index contributed by atoms with van der Waals surface area (Å²) in [5.74, 6) is 0.126. The summed E-state index contributed by atoms with van der Waals surface area (Å²) in [6, 6.07) is 7.95. The summed E-state index contributed by atoms with van der Waals surface area (Å²) in [7, 11) is 5.77. The number of aromatic nitrogens is 1. The van der Waals surface area contributed by atoms with E-state index in [1.165, 1.54) is 10.4 Å². The second kappa shape index (κ2) is 7.70. The van der Waals surface area contributed by atoms with Crippen molar-refractivity contribution in [3.05, 3.63) is 51.5 Å². The molecule has 1 aromatic carbocycles. The van der Waals surface area contributed by atoms with E-state index >= 15 is 0 Å². The smallest absolute Gasteiger partial charge is 0.244 e. The lowest BCUT2D eigenvalue weighted by atomic mass is 10.0. The van der Waals surface area contributed by atoms with Crippen molar-refractivity contribution in [3.8, 4) is 0 Å². The molecule has 23 heavy (non-hydrogen) atoms. The molecule has 0 saturated carbocycles. The van der Waals surface area contributed by atoms with Gasteiger partial charge in [-0.25, -0.2) is 4.98 Å². The fraction of sp³-hybridized carbons (Fsp3) is 0.444. The Balaban J connectivity index is 2.08. The summed E-state index contributed by atoms with van der Waals surface area (Å²) >= 11 is 1.66. The van der Waals surface area contributed by atoms with E-state index in [0.29, 0.717) is 6.54 Å². The van der Waals surface area contributed by atoms with E-state index in [1.54, 1.807) is 11.3 Å². The Hall–Kier alpha value is -1.72. The van der Waals surface area contributed by atoms with Crippen LogP contribution in [-0.2, 0) is 11.2 Å². The molecular weight excluding hydrogens is 306 g/mol. The Morgan fingerprint density at radius 1 is 1.17 bits per heavy atom. The molecule has 0 spiro atoms. The number of thiazole rings is 1. The largest absolute Gasteiger partial charge is 0.344 e. The molecule has 0 radical (unpaired) electrons. The second-order valence-electron chi connectivity index (χ2n) is 6.15. The molecule has 0 fully saturated rings. The normalized spacial score (nSPS) is 12.4. The lowest BCUT2D eigenvalue weighted by Gasteiger charge is -2.28. The van der Waals surface area contributed by atoms with Crippen LogP contribution in [0.2, 0.25) is 0 Å². The van der Waals surface area contributed by atoms with Crippen LogP contribution >= 0.6 is 11.3 Å². The van der Waals surface area contributed by atoms with Crippen LogP contribution in [0.3, 0.4) is 0 Å². The Bertz CT molecular complexity index is 649. The van der Waals surface area contributed by atoms with Gasteiger partial charge < -0.3 is 4.90 Å². The van der Waals surface area contributed by atoms with Gasteiger partial charge in [0.2, 0.25) is 5.91 Å². The third-order valence-electron chi connectivity index (χ3n) is 4.04. The molecule has 2 rings (SSSR count). The topological polar surface area (TPSA) is 36.4 Å². The molecule has 1 amide bonds. The molecule has 1 aromatic heterocycles. The van der Waals surface area contributed by atoms with Gasteiger partial charge in [-0.3, -0.25) is 9.69 Å². The number of hydrogen-bond acceptors (Lipinski definition) is 4. The molecule has 1 unspecified atom stereocenters. The first kappa shape index (κ1) is 17.6. The second-order valence-corrected chi connectivity index (χ2v) is 7.09. The fourth-order valence-corrected chi connectivity index (χ4v) is 3.34. The molecule has 1 heterocycles. The number of amides is 1. The zero-order valence-electron chi connectivity index (χ0n) is 14.5. The lowest BCUT2D eigenvalue weighted by Crippen LogP contribution is -2.39. The van der Waals surface area contributed by atoms with Crippen LogP contribution in [0.15, 0.2) is 29.8 Å². The highest BCUT2D eigenvalue weighted by Gasteiger charge is 2.25. The van der Waals surface area contributed by atoms with E-state index in [2.05, 4.69) is 24.0 Å². The number of carbonyl (C=O) groups is 1. The standard InChI is InChI=1S/C18H25N3OS/c1-13-6-8-15(9-7-13)17(20(3)4)18(22)21(5)11-10-16-14(2)19-12-23-16/h6-9,12,17H,10-11H2,1-5H3. The van der Waals surface area contributed by atoms with Gasteiger partial charge in [0.1, 0.15) is 6.04 Å². The third-order valence-corrected chi connectivity index (χ3v) is 5.03. The van der Waals surface area contributed by atoms with Crippen LogP contribution in [0.4, 0.5) is 0 Å². The number of benzene rings is 1. The molecule has 0 aliphatic carbocycles.